The molecule has 0 aliphatic heterocycles. The normalized spacial score (nSPS) is 19.9. The zero-order valence-corrected chi connectivity index (χ0v) is 14.0. The first-order valence-electron chi connectivity index (χ1n) is 8.63. The van der Waals surface area contributed by atoms with Crippen LogP contribution < -0.4 is 0 Å². The van der Waals surface area contributed by atoms with Crippen LogP contribution in [0.1, 0.15) is 17.5 Å². The number of hydrogen-bond donors (Lipinski definition) is 0. The fraction of sp³-hybridized carbons (Fsp3) is 0.130. The predicted octanol–water partition coefficient (Wildman–Crippen LogP) is 4.65. The molecule has 0 radical (unpaired) electrons. The molecular formula is C23H15NO2. The van der Waals surface area contributed by atoms with Crippen LogP contribution in [0.2, 0.25) is 0 Å². The Kier molecular flexibility index (Phi) is 3.05. The third kappa shape index (κ3) is 1.79. The highest BCUT2D eigenvalue weighted by atomic mass is 16.5. The van der Waals surface area contributed by atoms with Crippen LogP contribution in [-0.2, 0) is 14.9 Å². The average Bonchev–Trinajstić information content (AvgIpc) is 3.23. The van der Waals surface area contributed by atoms with Gasteiger partial charge in [-0.3, -0.25) is 4.79 Å². The Morgan fingerprint density at radius 2 is 1.92 bits per heavy atom. The molecule has 1 atom stereocenters. The van der Waals surface area contributed by atoms with Crippen LogP contribution in [0.15, 0.2) is 66.3 Å². The summed E-state index contributed by atoms with van der Waals surface area (Å²) in [6, 6.07) is 18.6. The Balaban J connectivity index is 1.78. The summed E-state index contributed by atoms with van der Waals surface area (Å²) in [5.41, 5.74) is 2.22. The van der Waals surface area contributed by atoms with Crippen molar-refractivity contribution in [1.82, 2.24) is 0 Å². The van der Waals surface area contributed by atoms with Crippen LogP contribution in [0.5, 0.6) is 0 Å². The minimum Gasteiger partial charge on any atom is -0.449 e. The third-order valence-electron chi connectivity index (χ3n) is 5.56. The van der Waals surface area contributed by atoms with Crippen molar-refractivity contribution >= 4 is 33.6 Å². The van der Waals surface area contributed by atoms with Gasteiger partial charge < -0.3 is 4.74 Å². The van der Waals surface area contributed by atoms with Gasteiger partial charge in [0.2, 0.25) is 0 Å². The summed E-state index contributed by atoms with van der Waals surface area (Å²) in [5, 5.41) is 13.5. The van der Waals surface area contributed by atoms with Crippen LogP contribution in [0.25, 0.3) is 27.6 Å². The van der Waals surface area contributed by atoms with Gasteiger partial charge in [0.25, 0.3) is 0 Å². The SMILES string of the molecule is N#CCOC(=O)C12CC=CC1=Cc1c2ccc2c1ccc1ccccc12. The fourth-order valence-corrected chi connectivity index (χ4v) is 4.39. The van der Waals surface area contributed by atoms with Crippen LogP contribution in [0.3, 0.4) is 0 Å². The summed E-state index contributed by atoms with van der Waals surface area (Å²) in [6.07, 6.45) is 6.69. The molecule has 0 saturated heterocycles. The van der Waals surface area contributed by atoms with E-state index in [9.17, 15) is 4.79 Å². The van der Waals surface area contributed by atoms with E-state index in [4.69, 9.17) is 10.00 Å². The molecule has 2 aliphatic carbocycles. The van der Waals surface area contributed by atoms with Crippen molar-refractivity contribution in [2.24, 2.45) is 0 Å². The van der Waals surface area contributed by atoms with Crippen molar-refractivity contribution in [3.8, 4) is 6.07 Å². The van der Waals surface area contributed by atoms with E-state index in [2.05, 4.69) is 36.4 Å². The molecule has 0 fully saturated rings. The number of fused-ring (bicyclic) bond motifs is 7. The summed E-state index contributed by atoms with van der Waals surface area (Å²) in [4.78, 5) is 12.9. The lowest BCUT2D eigenvalue weighted by Gasteiger charge is -2.26. The highest BCUT2D eigenvalue weighted by Gasteiger charge is 2.50. The molecule has 26 heavy (non-hydrogen) atoms. The van der Waals surface area contributed by atoms with Gasteiger partial charge >= 0.3 is 5.97 Å². The molecule has 0 aromatic heterocycles. The van der Waals surface area contributed by atoms with Gasteiger partial charge in [0.1, 0.15) is 11.5 Å². The minimum absolute atomic E-state index is 0.221. The highest BCUT2D eigenvalue weighted by Crippen LogP contribution is 2.51. The average molecular weight is 337 g/mol. The van der Waals surface area contributed by atoms with E-state index in [0.29, 0.717) is 6.42 Å². The smallest absolute Gasteiger partial charge is 0.322 e. The number of rotatable bonds is 2. The van der Waals surface area contributed by atoms with Crippen LogP contribution in [-0.4, -0.2) is 12.6 Å². The molecule has 0 saturated carbocycles. The van der Waals surface area contributed by atoms with E-state index in [1.807, 2.05) is 36.4 Å². The quantitative estimate of drug-likeness (QED) is 0.505. The Labute approximate surface area is 150 Å². The molecule has 0 bridgehead atoms. The number of benzene rings is 3. The number of ether oxygens (including phenoxy) is 1. The lowest BCUT2D eigenvalue weighted by atomic mass is 9.77. The van der Waals surface area contributed by atoms with Gasteiger partial charge in [0.05, 0.1) is 0 Å². The Morgan fingerprint density at radius 3 is 2.81 bits per heavy atom. The molecule has 124 valence electrons. The van der Waals surface area contributed by atoms with Gasteiger partial charge in [-0.2, -0.15) is 5.26 Å². The topological polar surface area (TPSA) is 50.1 Å². The van der Waals surface area contributed by atoms with E-state index in [-0.39, 0.29) is 12.6 Å². The maximum atomic E-state index is 12.9. The summed E-state index contributed by atoms with van der Waals surface area (Å²) < 4.78 is 5.24. The number of carbonyl (C=O) groups is 1. The van der Waals surface area contributed by atoms with Gasteiger partial charge in [-0.1, -0.05) is 60.7 Å². The molecule has 3 aromatic rings. The molecule has 0 amide bonds. The Bertz CT molecular complexity index is 1200. The zero-order chi connectivity index (χ0) is 17.7. The number of nitriles is 1. The number of allylic oxidation sites excluding steroid dienone is 2. The van der Waals surface area contributed by atoms with E-state index in [1.54, 1.807) is 0 Å². The van der Waals surface area contributed by atoms with Crippen molar-refractivity contribution in [2.75, 3.05) is 6.61 Å². The number of carbonyl (C=O) groups excluding carboxylic acids is 1. The van der Waals surface area contributed by atoms with Crippen molar-refractivity contribution < 1.29 is 9.53 Å². The standard InChI is InChI=1S/C23H15NO2/c24-12-13-26-22(25)23-11-3-5-16(23)14-20-19-8-7-15-4-1-2-6-17(15)18(19)9-10-21(20)23/h1-10,14H,11,13H2. The maximum absolute atomic E-state index is 12.9. The monoisotopic (exact) mass is 337 g/mol. The molecule has 0 spiro atoms. The Hall–Kier alpha value is -3.38. The van der Waals surface area contributed by atoms with E-state index < -0.39 is 5.41 Å². The summed E-state index contributed by atoms with van der Waals surface area (Å²) in [5.74, 6) is -0.339. The molecule has 0 heterocycles. The lowest BCUT2D eigenvalue weighted by Crippen LogP contribution is -2.35. The fourth-order valence-electron chi connectivity index (χ4n) is 4.39. The van der Waals surface area contributed by atoms with Gasteiger partial charge in [-0.15, -0.1) is 0 Å². The van der Waals surface area contributed by atoms with Crippen molar-refractivity contribution in [1.29, 1.82) is 5.26 Å². The van der Waals surface area contributed by atoms with E-state index in [0.717, 1.165) is 22.1 Å². The number of hydrogen-bond acceptors (Lipinski definition) is 3. The molecule has 2 aliphatic rings. The first kappa shape index (κ1) is 14.9. The zero-order valence-electron chi connectivity index (χ0n) is 14.0. The van der Waals surface area contributed by atoms with Crippen LogP contribution in [0.4, 0.5) is 0 Å². The van der Waals surface area contributed by atoms with Crippen molar-refractivity contribution in [2.45, 2.75) is 11.8 Å². The summed E-state index contributed by atoms with van der Waals surface area (Å²) in [6.45, 7) is -0.221. The maximum Gasteiger partial charge on any atom is 0.322 e. The van der Waals surface area contributed by atoms with Gasteiger partial charge in [0, 0.05) is 0 Å². The number of esters is 1. The molecule has 3 heteroatoms. The molecule has 5 rings (SSSR count). The largest absolute Gasteiger partial charge is 0.449 e. The highest BCUT2D eigenvalue weighted by molar-refractivity contribution is 6.12. The molecule has 0 N–H and O–H groups in total. The van der Waals surface area contributed by atoms with Crippen molar-refractivity contribution in [3.05, 3.63) is 77.4 Å². The van der Waals surface area contributed by atoms with Gasteiger partial charge in [-0.25, -0.2) is 0 Å². The summed E-state index contributed by atoms with van der Waals surface area (Å²) >= 11 is 0. The second-order valence-corrected chi connectivity index (χ2v) is 6.75. The van der Waals surface area contributed by atoms with Gasteiger partial charge in [-0.05, 0) is 50.7 Å². The van der Waals surface area contributed by atoms with Crippen molar-refractivity contribution in [3.63, 3.8) is 0 Å². The lowest BCUT2D eigenvalue weighted by molar-refractivity contribution is -0.147. The first-order chi connectivity index (χ1) is 12.8. The van der Waals surface area contributed by atoms with E-state index >= 15 is 0 Å². The van der Waals surface area contributed by atoms with Crippen LogP contribution in [0, 0.1) is 11.3 Å². The van der Waals surface area contributed by atoms with E-state index in [1.165, 1.54) is 16.2 Å². The minimum atomic E-state index is -0.800. The second kappa shape index (κ2) is 5.31. The molecule has 3 nitrogen and oxygen atoms in total. The van der Waals surface area contributed by atoms with Crippen LogP contribution >= 0.6 is 0 Å². The molecule has 1 unspecified atom stereocenters. The second-order valence-electron chi connectivity index (χ2n) is 6.75. The predicted molar refractivity (Wildman–Crippen MR) is 101 cm³/mol. The number of nitrogens with zero attached hydrogens (tertiary/aromatic N) is 1. The third-order valence-corrected chi connectivity index (χ3v) is 5.56. The summed E-state index contributed by atoms with van der Waals surface area (Å²) in [7, 11) is 0. The first-order valence-corrected chi connectivity index (χ1v) is 8.63. The molecular weight excluding hydrogens is 322 g/mol. The Morgan fingerprint density at radius 1 is 1.08 bits per heavy atom. The van der Waals surface area contributed by atoms with Gasteiger partial charge in [0.15, 0.2) is 6.61 Å². The molecule has 3 aromatic carbocycles.